The molecular formula is C13H14IN3. The second kappa shape index (κ2) is 5.95. The standard InChI is InChI=1S/C13H14IN3/c1-2-15-13-11(14)9-16-12(17-13)8-10-6-4-3-5-7-10/h3-7,9H,2,8H2,1H3,(H,15,16,17). The van der Waals surface area contributed by atoms with Gasteiger partial charge in [0.05, 0.1) is 3.57 Å². The normalized spacial score (nSPS) is 10.2. The molecule has 4 heteroatoms. The number of anilines is 1. The van der Waals surface area contributed by atoms with E-state index in [1.165, 1.54) is 5.56 Å². The van der Waals surface area contributed by atoms with Crippen LogP contribution in [0.5, 0.6) is 0 Å². The van der Waals surface area contributed by atoms with Crippen LogP contribution in [0.2, 0.25) is 0 Å². The summed E-state index contributed by atoms with van der Waals surface area (Å²) in [6.45, 7) is 2.94. The summed E-state index contributed by atoms with van der Waals surface area (Å²) in [4.78, 5) is 8.89. The Morgan fingerprint density at radius 1 is 1.24 bits per heavy atom. The number of aromatic nitrogens is 2. The van der Waals surface area contributed by atoms with Crippen LogP contribution in [-0.4, -0.2) is 16.5 Å². The molecule has 1 aromatic carbocycles. The zero-order chi connectivity index (χ0) is 12.1. The molecule has 0 fully saturated rings. The first-order valence-electron chi connectivity index (χ1n) is 5.59. The Bertz CT molecular complexity index is 485. The lowest BCUT2D eigenvalue weighted by atomic mass is 10.1. The largest absolute Gasteiger partial charge is 0.369 e. The van der Waals surface area contributed by atoms with E-state index in [1.54, 1.807) is 0 Å². The molecule has 0 amide bonds. The Labute approximate surface area is 115 Å². The van der Waals surface area contributed by atoms with Gasteiger partial charge < -0.3 is 5.32 Å². The molecule has 0 aliphatic heterocycles. The fourth-order valence-electron chi connectivity index (χ4n) is 1.56. The monoisotopic (exact) mass is 339 g/mol. The average molecular weight is 339 g/mol. The molecule has 0 saturated heterocycles. The first kappa shape index (κ1) is 12.3. The Hall–Kier alpha value is -1.17. The van der Waals surface area contributed by atoms with Crippen molar-refractivity contribution in [3.05, 3.63) is 51.5 Å². The zero-order valence-corrected chi connectivity index (χ0v) is 11.8. The summed E-state index contributed by atoms with van der Waals surface area (Å²) in [5.41, 5.74) is 1.23. The van der Waals surface area contributed by atoms with E-state index in [-0.39, 0.29) is 0 Å². The average Bonchev–Trinajstić information content (AvgIpc) is 2.35. The van der Waals surface area contributed by atoms with Gasteiger partial charge >= 0.3 is 0 Å². The van der Waals surface area contributed by atoms with E-state index in [2.05, 4.69) is 56.9 Å². The van der Waals surface area contributed by atoms with Crippen LogP contribution < -0.4 is 5.32 Å². The van der Waals surface area contributed by atoms with Crippen LogP contribution in [0.25, 0.3) is 0 Å². The first-order valence-corrected chi connectivity index (χ1v) is 6.66. The molecule has 0 aliphatic rings. The topological polar surface area (TPSA) is 37.8 Å². The van der Waals surface area contributed by atoms with Gasteiger partial charge in [-0.3, -0.25) is 0 Å². The second-order valence-electron chi connectivity index (χ2n) is 3.68. The van der Waals surface area contributed by atoms with Gasteiger partial charge in [0.15, 0.2) is 0 Å². The molecule has 2 rings (SSSR count). The van der Waals surface area contributed by atoms with Gasteiger partial charge in [-0.05, 0) is 35.1 Å². The highest BCUT2D eigenvalue weighted by Crippen LogP contribution is 2.15. The van der Waals surface area contributed by atoms with Gasteiger partial charge in [0.25, 0.3) is 0 Å². The second-order valence-corrected chi connectivity index (χ2v) is 4.84. The van der Waals surface area contributed by atoms with Crippen LogP contribution in [-0.2, 0) is 6.42 Å². The van der Waals surface area contributed by atoms with Gasteiger partial charge in [0.2, 0.25) is 0 Å². The van der Waals surface area contributed by atoms with E-state index >= 15 is 0 Å². The fourth-order valence-corrected chi connectivity index (χ4v) is 2.01. The van der Waals surface area contributed by atoms with Crippen molar-refractivity contribution in [2.24, 2.45) is 0 Å². The molecule has 0 unspecified atom stereocenters. The summed E-state index contributed by atoms with van der Waals surface area (Å²) in [7, 11) is 0. The Morgan fingerprint density at radius 3 is 2.71 bits per heavy atom. The first-order chi connectivity index (χ1) is 8.29. The summed E-state index contributed by atoms with van der Waals surface area (Å²) < 4.78 is 1.06. The fraction of sp³-hybridized carbons (Fsp3) is 0.231. The van der Waals surface area contributed by atoms with E-state index in [9.17, 15) is 0 Å². The number of nitrogens with one attached hydrogen (secondary N) is 1. The van der Waals surface area contributed by atoms with Crippen molar-refractivity contribution in [2.75, 3.05) is 11.9 Å². The van der Waals surface area contributed by atoms with E-state index in [4.69, 9.17) is 0 Å². The molecule has 0 spiro atoms. The molecule has 0 bridgehead atoms. The van der Waals surface area contributed by atoms with E-state index < -0.39 is 0 Å². The van der Waals surface area contributed by atoms with Crippen molar-refractivity contribution in [1.29, 1.82) is 0 Å². The van der Waals surface area contributed by atoms with Crippen molar-refractivity contribution in [3.63, 3.8) is 0 Å². The van der Waals surface area contributed by atoms with Crippen LogP contribution in [0.4, 0.5) is 5.82 Å². The van der Waals surface area contributed by atoms with Crippen molar-refractivity contribution < 1.29 is 0 Å². The molecule has 1 heterocycles. The van der Waals surface area contributed by atoms with Crippen LogP contribution in [0.3, 0.4) is 0 Å². The molecule has 0 aliphatic carbocycles. The smallest absolute Gasteiger partial charge is 0.143 e. The highest BCUT2D eigenvalue weighted by atomic mass is 127. The molecule has 3 nitrogen and oxygen atoms in total. The Morgan fingerprint density at radius 2 is 2.00 bits per heavy atom. The highest BCUT2D eigenvalue weighted by Gasteiger charge is 2.04. The molecule has 88 valence electrons. The lowest BCUT2D eigenvalue weighted by Gasteiger charge is -2.07. The van der Waals surface area contributed by atoms with Crippen LogP contribution in [0.15, 0.2) is 36.5 Å². The van der Waals surface area contributed by atoms with Crippen LogP contribution >= 0.6 is 22.6 Å². The number of nitrogens with zero attached hydrogens (tertiary/aromatic N) is 2. The maximum Gasteiger partial charge on any atom is 0.143 e. The minimum absolute atomic E-state index is 0.774. The summed E-state index contributed by atoms with van der Waals surface area (Å²) in [5.74, 6) is 1.78. The predicted molar refractivity (Wildman–Crippen MR) is 78.2 cm³/mol. The van der Waals surface area contributed by atoms with Gasteiger partial charge in [-0.15, -0.1) is 0 Å². The number of hydrogen-bond acceptors (Lipinski definition) is 3. The highest BCUT2D eigenvalue weighted by molar-refractivity contribution is 14.1. The van der Waals surface area contributed by atoms with Crippen molar-refractivity contribution >= 4 is 28.4 Å². The van der Waals surface area contributed by atoms with Gasteiger partial charge in [0, 0.05) is 19.2 Å². The minimum Gasteiger partial charge on any atom is -0.369 e. The summed E-state index contributed by atoms with van der Waals surface area (Å²) >= 11 is 2.24. The maximum atomic E-state index is 4.53. The minimum atomic E-state index is 0.774. The molecule has 1 aromatic heterocycles. The van der Waals surface area contributed by atoms with Crippen LogP contribution in [0.1, 0.15) is 18.3 Å². The number of hydrogen-bond donors (Lipinski definition) is 1. The predicted octanol–water partition coefficient (Wildman–Crippen LogP) is 3.10. The van der Waals surface area contributed by atoms with Gasteiger partial charge in [-0.25, -0.2) is 9.97 Å². The van der Waals surface area contributed by atoms with Crippen LogP contribution in [0, 0.1) is 3.57 Å². The zero-order valence-electron chi connectivity index (χ0n) is 9.65. The molecular weight excluding hydrogens is 325 g/mol. The van der Waals surface area contributed by atoms with E-state index in [0.717, 1.165) is 28.2 Å². The quantitative estimate of drug-likeness (QED) is 0.870. The van der Waals surface area contributed by atoms with E-state index in [1.807, 2.05) is 24.4 Å². The van der Waals surface area contributed by atoms with Gasteiger partial charge in [-0.2, -0.15) is 0 Å². The molecule has 2 aromatic rings. The third kappa shape index (κ3) is 3.39. The number of halogens is 1. The van der Waals surface area contributed by atoms with Crippen molar-refractivity contribution in [2.45, 2.75) is 13.3 Å². The maximum absolute atomic E-state index is 4.53. The third-order valence-electron chi connectivity index (χ3n) is 2.34. The summed E-state index contributed by atoms with van der Waals surface area (Å²) in [5, 5.41) is 3.24. The lowest BCUT2D eigenvalue weighted by molar-refractivity contribution is 0.955. The summed E-state index contributed by atoms with van der Waals surface area (Å²) in [6, 6.07) is 10.3. The van der Waals surface area contributed by atoms with Crippen molar-refractivity contribution in [3.8, 4) is 0 Å². The molecule has 1 N–H and O–H groups in total. The summed E-state index contributed by atoms with van der Waals surface area (Å²) in [6.07, 6.45) is 2.64. The van der Waals surface area contributed by atoms with E-state index in [0.29, 0.717) is 0 Å². The lowest BCUT2D eigenvalue weighted by Crippen LogP contribution is -2.06. The van der Waals surface area contributed by atoms with Gasteiger partial charge in [0.1, 0.15) is 11.6 Å². The molecule has 17 heavy (non-hydrogen) atoms. The number of rotatable bonds is 4. The Balaban J connectivity index is 2.19. The molecule has 0 radical (unpaired) electrons. The number of benzene rings is 1. The Kier molecular flexibility index (Phi) is 4.30. The molecule has 0 atom stereocenters. The van der Waals surface area contributed by atoms with Gasteiger partial charge in [-0.1, -0.05) is 30.3 Å². The molecule has 0 saturated carbocycles. The third-order valence-corrected chi connectivity index (χ3v) is 3.13. The van der Waals surface area contributed by atoms with Crippen molar-refractivity contribution in [1.82, 2.24) is 9.97 Å². The SMILES string of the molecule is CCNc1nc(Cc2ccccc2)ncc1I.